The molecule has 5 rings (SSSR count). The zero-order chi connectivity index (χ0) is 23.1. The highest BCUT2D eigenvalue weighted by atomic mass is 32.1. The standard InChI is InChI=1S/C22H21F2N7OS/c1-11-7-12-9-18(33-17(12)5-6-26-11)13-8-14(21(25)27-10-13)22-28-29-30-31(22)15-3-4-16(32-2)20(24)19(15)23/h3-4,8-11,26H,5-7H2,1-2H3,(H2,25,27). The van der Waals surface area contributed by atoms with Crippen LogP contribution in [0.4, 0.5) is 14.6 Å². The van der Waals surface area contributed by atoms with Crippen molar-refractivity contribution in [3.05, 3.63) is 52.5 Å². The molecule has 11 heteroatoms. The second-order valence-electron chi connectivity index (χ2n) is 7.85. The molecule has 1 atom stereocenters. The smallest absolute Gasteiger partial charge is 0.202 e. The van der Waals surface area contributed by atoms with Gasteiger partial charge in [0.05, 0.1) is 12.7 Å². The number of tetrazole rings is 1. The molecule has 1 aliphatic rings. The molecule has 0 aliphatic carbocycles. The van der Waals surface area contributed by atoms with Gasteiger partial charge >= 0.3 is 0 Å². The molecule has 0 radical (unpaired) electrons. The molecule has 0 saturated heterocycles. The molecule has 4 aromatic rings. The van der Waals surface area contributed by atoms with E-state index in [0.29, 0.717) is 11.6 Å². The summed E-state index contributed by atoms with van der Waals surface area (Å²) in [5, 5.41) is 15.0. The Bertz CT molecular complexity index is 1340. The minimum Gasteiger partial charge on any atom is -0.494 e. The Balaban J connectivity index is 1.57. The molecular formula is C22H21F2N7OS. The molecule has 0 fully saturated rings. The molecule has 33 heavy (non-hydrogen) atoms. The zero-order valence-electron chi connectivity index (χ0n) is 18.0. The highest BCUT2D eigenvalue weighted by Gasteiger charge is 2.22. The predicted octanol–water partition coefficient (Wildman–Crippen LogP) is 3.40. The number of rotatable bonds is 4. The minimum atomic E-state index is -1.13. The van der Waals surface area contributed by atoms with E-state index in [1.807, 2.05) is 6.07 Å². The molecular weight excluding hydrogens is 448 g/mol. The van der Waals surface area contributed by atoms with Gasteiger partial charge in [-0.25, -0.2) is 9.37 Å². The van der Waals surface area contributed by atoms with Crippen LogP contribution in [-0.4, -0.2) is 44.9 Å². The Kier molecular flexibility index (Phi) is 5.51. The van der Waals surface area contributed by atoms with Crippen LogP contribution in [0.3, 0.4) is 0 Å². The van der Waals surface area contributed by atoms with Gasteiger partial charge in [0.15, 0.2) is 17.4 Å². The third kappa shape index (κ3) is 3.83. The fourth-order valence-electron chi connectivity index (χ4n) is 3.98. The number of anilines is 1. The first-order valence-corrected chi connectivity index (χ1v) is 11.2. The SMILES string of the molecule is COc1ccc(-n2nnnc2-c2cc(-c3cc4c(s3)CCNC(C)C4)cnc2N)c(F)c1F. The number of nitrogen functional groups attached to an aromatic ring is 1. The first-order chi connectivity index (χ1) is 16.0. The summed E-state index contributed by atoms with van der Waals surface area (Å²) in [4.78, 5) is 6.74. The van der Waals surface area contributed by atoms with Gasteiger partial charge in [0, 0.05) is 34.1 Å². The average molecular weight is 470 g/mol. The van der Waals surface area contributed by atoms with E-state index in [1.165, 1.54) is 29.7 Å². The lowest BCUT2D eigenvalue weighted by Crippen LogP contribution is -2.27. The van der Waals surface area contributed by atoms with Crippen molar-refractivity contribution in [2.24, 2.45) is 0 Å². The van der Waals surface area contributed by atoms with E-state index < -0.39 is 11.6 Å². The quantitative estimate of drug-likeness (QED) is 0.472. The van der Waals surface area contributed by atoms with Gasteiger partial charge in [-0.05, 0) is 60.0 Å². The highest BCUT2D eigenvalue weighted by Crippen LogP contribution is 2.36. The number of nitrogens with one attached hydrogen (secondary N) is 1. The maximum Gasteiger partial charge on any atom is 0.202 e. The van der Waals surface area contributed by atoms with Crippen LogP contribution in [0.2, 0.25) is 0 Å². The molecule has 4 heterocycles. The van der Waals surface area contributed by atoms with Crippen LogP contribution in [0.1, 0.15) is 17.4 Å². The van der Waals surface area contributed by atoms with Crippen LogP contribution in [0.25, 0.3) is 27.5 Å². The molecule has 1 unspecified atom stereocenters. The van der Waals surface area contributed by atoms with Gasteiger partial charge in [0.25, 0.3) is 0 Å². The van der Waals surface area contributed by atoms with Crippen molar-refractivity contribution < 1.29 is 13.5 Å². The number of thiophene rings is 1. The molecule has 0 amide bonds. The van der Waals surface area contributed by atoms with Crippen LogP contribution in [0.5, 0.6) is 5.75 Å². The number of pyridine rings is 1. The van der Waals surface area contributed by atoms with E-state index >= 15 is 0 Å². The lowest BCUT2D eigenvalue weighted by molar-refractivity contribution is 0.371. The van der Waals surface area contributed by atoms with Crippen molar-refractivity contribution in [3.63, 3.8) is 0 Å². The van der Waals surface area contributed by atoms with E-state index in [2.05, 4.69) is 38.8 Å². The number of benzene rings is 1. The Morgan fingerprint density at radius 1 is 1.24 bits per heavy atom. The van der Waals surface area contributed by atoms with Crippen LogP contribution in [-0.2, 0) is 12.8 Å². The number of hydrogen-bond acceptors (Lipinski definition) is 8. The van der Waals surface area contributed by atoms with Gasteiger partial charge in [-0.2, -0.15) is 9.07 Å². The Morgan fingerprint density at radius 3 is 2.91 bits per heavy atom. The number of fused-ring (bicyclic) bond motifs is 1. The molecule has 3 N–H and O–H groups in total. The van der Waals surface area contributed by atoms with Crippen molar-refractivity contribution in [2.45, 2.75) is 25.8 Å². The third-order valence-corrected chi connectivity index (χ3v) is 6.94. The Labute approximate surface area is 192 Å². The van der Waals surface area contributed by atoms with Crippen LogP contribution in [0.15, 0.2) is 30.5 Å². The van der Waals surface area contributed by atoms with Gasteiger partial charge in [-0.3, -0.25) is 0 Å². The minimum absolute atomic E-state index is 0.154. The molecule has 1 aliphatic heterocycles. The number of aromatic nitrogens is 5. The number of halogens is 2. The first kappa shape index (κ1) is 21.4. The lowest BCUT2D eigenvalue weighted by Gasteiger charge is -2.10. The van der Waals surface area contributed by atoms with Gasteiger partial charge in [-0.15, -0.1) is 16.4 Å². The average Bonchev–Trinajstić information content (AvgIpc) is 3.40. The molecule has 0 bridgehead atoms. The highest BCUT2D eigenvalue weighted by molar-refractivity contribution is 7.15. The van der Waals surface area contributed by atoms with Gasteiger partial charge in [-0.1, -0.05) is 0 Å². The first-order valence-electron chi connectivity index (χ1n) is 10.4. The lowest BCUT2D eigenvalue weighted by atomic mass is 10.1. The fourth-order valence-corrected chi connectivity index (χ4v) is 5.15. The number of methoxy groups -OCH3 is 1. The second kappa shape index (κ2) is 8.49. The summed E-state index contributed by atoms with van der Waals surface area (Å²) in [5.74, 6) is -2.13. The van der Waals surface area contributed by atoms with E-state index in [4.69, 9.17) is 10.5 Å². The van der Waals surface area contributed by atoms with E-state index in [0.717, 1.165) is 34.5 Å². The third-order valence-electron chi connectivity index (χ3n) is 5.66. The Morgan fingerprint density at radius 2 is 2.09 bits per heavy atom. The summed E-state index contributed by atoms with van der Waals surface area (Å²) < 4.78 is 35.0. The van der Waals surface area contributed by atoms with Gasteiger partial charge < -0.3 is 15.8 Å². The topological polar surface area (TPSA) is 104 Å². The van der Waals surface area contributed by atoms with E-state index in [9.17, 15) is 8.78 Å². The van der Waals surface area contributed by atoms with E-state index in [-0.39, 0.29) is 23.1 Å². The molecule has 8 nitrogen and oxygen atoms in total. The molecule has 3 aromatic heterocycles. The van der Waals surface area contributed by atoms with Crippen molar-refractivity contribution in [2.75, 3.05) is 19.4 Å². The summed E-state index contributed by atoms with van der Waals surface area (Å²) >= 11 is 1.72. The Hall–Kier alpha value is -3.44. The fraction of sp³-hybridized carbons (Fsp3) is 0.273. The molecule has 0 spiro atoms. The number of nitrogens with zero attached hydrogens (tertiary/aromatic N) is 5. The van der Waals surface area contributed by atoms with Crippen LogP contribution < -0.4 is 15.8 Å². The van der Waals surface area contributed by atoms with Crippen LogP contribution >= 0.6 is 11.3 Å². The molecule has 170 valence electrons. The predicted molar refractivity (Wildman–Crippen MR) is 121 cm³/mol. The van der Waals surface area contributed by atoms with Gasteiger partial charge in [0.1, 0.15) is 11.5 Å². The van der Waals surface area contributed by atoms with Crippen LogP contribution in [0, 0.1) is 11.6 Å². The number of ether oxygens (including phenoxy) is 1. The second-order valence-corrected chi connectivity index (χ2v) is 8.99. The summed E-state index contributed by atoms with van der Waals surface area (Å²) in [6.45, 7) is 3.12. The molecule has 1 aromatic carbocycles. The van der Waals surface area contributed by atoms with Crippen molar-refractivity contribution in [1.29, 1.82) is 0 Å². The zero-order valence-corrected chi connectivity index (χ0v) is 18.8. The summed E-state index contributed by atoms with van der Waals surface area (Å²) in [6.07, 6.45) is 3.63. The number of hydrogen-bond donors (Lipinski definition) is 2. The van der Waals surface area contributed by atoms with Crippen molar-refractivity contribution >= 4 is 17.2 Å². The van der Waals surface area contributed by atoms with Crippen molar-refractivity contribution in [3.8, 4) is 33.3 Å². The largest absolute Gasteiger partial charge is 0.494 e. The normalized spacial score (nSPS) is 15.8. The summed E-state index contributed by atoms with van der Waals surface area (Å²) in [7, 11) is 1.26. The monoisotopic (exact) mass is 469 g/mol. The summed E-state index contributed by atoms with van der Waals surface area (Å²) in [5.41, 5.74) is 8.58. The molecule has 0 saturated carbocycles. The van der Waals surface area contributed by atoms with Crippen molar-refractivity contribution in [1.82, 2.24) is 30.5 Å². The maximum absolute atomic E-state index is 14.7. The van der Waals surface area contributed by atoms with Gasteiger partial charge in [0.2, 0.25) is 5.82 Å². The number of nitrogens with two attached hydrogens (primary N) is 1. The maximum atomic E-state index is 14.7. The summed E-state index contributed by atoms with van der Waals surface area (Å²) in [6, 6.07) is 7.08. The van der Waals surface area contributed by atoms with E-state index in [1.54, 1.807) is 17.5 Å².